The molecule has 2 aromatic carbocycles. The van der Waals surface area contributed by atoms with Gasteiger partial charge in [-0.3, -0.25) is 9.59 Å². The highest BCUT2D eigenvalue weighted by atomic mass is 35.5. The number of benzene rings is 2. The van der Waals surface area contributed by atoms with Crippen LogP contribution in [0.4, 0.5) is 14.6 Å². The lowest BCUT2D eigenvalue weighted by Crippen LogP contribution is -2.48. The average Bonchev–Trinajstić information content (AvgIpc) is 3.09. The van der Waals surface area contributed by atoms with Crippen molar-refractivity contribution in [3.63, 3.8) is 0 Å². The number of unbranched alkanes of at least 4 members (excludes halogenated alkanes) is 7. The van der Waals surface area contributed by atoms with Gasteiger partial charge in [0.2, 0.25) is 11.8 Å². The third-order valence-electron chi connectivity index (χ3n) is 9.03. The Bertz CT molecular complexity index is 1660. The monoisotopic (exact) mass is 711 g/mol. The van der Waals surface area contributed by atoms with Crippen LogP contribution in [0.25, 0.3) is 22.0 Å². The standard InChI is InChI=1S/C38H48ClF2N5O4/c1-5-32(49)45-18-20-46(21-19-45)37-26-23-27(39)33(35(41)36(26)42-25-43-37)34-28(40)15-14-16-29(34)50-22-13-11-9-7-6-8-10-12-17-31(48)44-30(24-47)38(2,3)4/h5,14-16,23-25,30H,1,6-13,17-22H2,2-4H3,(H,44,48). The molecule has 0 aliphatic carbocycles. The minimum atomic E-state index is -0.762. The van der Waals surface area contributed by atoms with Gasteiger partial charge >= 0.3 is 0 Å². The van der Waals surface area contributed by atoms with E-state index in [9.17, 15) is 14.4 Å². The fraction of sp³-hybridized carbons (Fsp3) is 0.500. The van der Waals surface area contributed by atoms with Crippen LogP contribution in [0.1, 0.15) is 78.6 Å². The number of hydrogen-bond acceptors (Lipinski definition) is 7. The van der Waals surface area contributed by atoms with E-state index in [1.807, 2.05) is 25.7 Å². The third kappa shape index (κ3) is 9.99. The summed E-state index contributed by atoms with van der Waals surface area (Å²) >= 11 is 6.67. The molecule has 3 aromatic rings. The summed E-state index contributed by atoms with van der Waals surface area (Å²) in [5, 5.41) is 3.22. The van der Waals surface area contributed by atoms with E-state index in [0.29, 0.717) is 50.4 Å². The Morgan fingerprint density at radius 2 is 1.66 bits per heavy atom. The number of carbonyl (C=O) groups excluding carboxylic acids is 3. The van der Waals surface area contributed by atoms with Gasteiger partial charge in [0, 0.05) is 43.5 Å². The molecule has 1 aliphatic rings. The molecule has 0 spiro atoms. The largest absolute Gasteiger partial charge is 0.493 e. The van der Waals surface area contributed by atoms with Gasteiger partial charge in [-0.2, -0.15) is 0 Å². The number of ether oxygens (including phenoxy) is 1. The van der Waals surface area contributed by atoms with E-state index < -0.39 is 17.7 Å². The Labute approximate surface area is 298 Å². The van der Waals surface area contributed by atoms with Crippen molar-refractivity contribution >= 4 is 46.4 Å². The first-order valence-electron chi connectivity index (χ1n) is 17.4. The van der Waals surface area contributed by atoms with Gasteiger partial charge in [-0.25, -0.2) is 18.7 Å². The summed E-state index contributed by atoms with van der Waals surface area (Å²) in [5.41, 5.74) is -0.459. The molecule has 12 heteroatoms. The minimum absolute atomic E-state index is 0.0113. The molecule has 1 atom stereocenters. The molecule has 0 bridgehead atoms. The van der Waals surface area contributed by atoms with E-state index in [-0.39, 0.29) is 44.6 Å². The van der Waals surface area contributed by atoms with Crippen molar-refractivity contribution in [1.29, 1.82) is 0 Å². The SMILES string of the molecule is C=CC(=O)N1CCN(c2ncnc3c(F)c(-c4c(F)cccc4OCCCCCCCCCCC(=O)NC(C=O)C(C)(C)C)c(Cl)cc23)CC1. The molecule has 50 heavy (non-hydrogen) atoms. The maximum Gasteiger partial charge on any atom is 0.246 e. The fourth-order valence-electron chi connectivity index (χ4n) is 6.06. The number of hydrogen-bond donors (Lipinski definition) is 1. The fourth-order valence-corrected chi connectivity index (χ4v) is 6.35. The van der Waals surface area contributed by atoms with Crippen LogP contribution in [-0.4, -0.2) is 71.8 Å². The van der Waals surface area contributed by atoms with Gasteiger partial charge in [0.1, 0.15) is 35.5 Å². The highest BCUT2D eigenvalue weighted by Gasteiger charge is 2.27. The van der Waals surface area contributed by atoms with Gasteiger partial charge < -0.3 is 24.6 Å². The first kappa shape index (κ1) is 38.7. The van der Waals surface area contributed by atoms with Gasteiger partial charge in [-0.15, -0.1) is 0 Å². The number of rotatable bonds is 17. The zero-order valence-corrected chi connectivity index (χ0v) is 30.0. The molecule has 2 amide bonds. The van der Waals surface area contributed by atoms with Crippen LogP contribution in [0.5, 0.6) is 5.75 Å². The summed E-state index contributed by atoms with van der Waals surface area (Å²) in [4.78, 5) is 47.7. The molecule has 1 aromatic heterocycles. The Kier molecular flexibility index (Phi) is 14.1. The second-order valence-electron chi connectivity index (χ2n) is 13.7. The predicted molar refractivity (Wildman–Crippen MR) is 193 cm³/mol. The summed E-state index contributed by atoms with van der Waals surface area (Å²) in [7, 11) is 0. The number of amides is 2. The second-order valence-corrected chi connectivity index (χ2v) is 14.2. The molecule has 0 radical (unpaired) electrons. The van der Waals surface area contributed by atoms with Crippen molar-refractivity contribution < 1.29 is 27.9 Å². The molecule has 9 nitrogen and oxygen atoms in total. The molecule has 1 N–H and O–H groups in total. The molecule has 1 aliphatic heterocycles. The lowest BCUT2D eigenvalue weighted by atomic mass is 9.87. The smallest absolute Gasteiger partial charge is 0.246 e. The van der Waals surface area contributed by atoms with Gasteiger partial charge in [-0.1, -0.05) is 83.5 Å². The lowest BCUT2D eigenvalue weighted by molar-refractivity contribution is -0.126. The zero-order chi connectivity index (χ0) is 36.3. The number of carbonyl (C=O) groups is 3. The van der Waals surface area contributed by atoms with E-state index in [0.717, 1.165) is 57.7 Å². The van der Waals surface area contributed by atoms with Gasteiger partial charge in [-0.05, 0) is 42.5 Å². The maximum atomic E-state index is 16.2. The molecule has 1 saturated heterocycles. The van der Waals surface area contributed by atoms with Gasteiger partial charge in [0.05, 0.1) is 23.2 Å². The summed E-state index contributed by atoms with van der Waals surface area (Å²) in [6, 6.07) is 5.46. The Balaban J connectivity index is 1.28. The lowest BCUT2D eigenvalue weighted by Gasteiger charge is -2.35. The van der Waals surface area contributed by atoms with Crippen LogP contribution in [0, 0.1) is 17.0 Å². The van der Waals surface area contributed by atoms with Crippen molar-refractivity contribution in [2.75, 3.05) is 37.7 Å². The average molecular weight is 712 g/mol. The van der Waals surface area contributed by atoms with E-state index in [1.54, 1.807) is 17.0 Å². The summed E-state index contributed by atoms with van der Waals surface area (Å²) in [5.74, 6) is -0.956. The molecular formula is C38H48ClF2N5O4. The number of fused-ring (bicyclic) bond motifs is 1. The van der Waals surface area contributed by atoms with Crippen LogP contribution in [-0.2, 0) is 14.4 Å². The number of aldehydes is 1. The Hall–Kier alpha value is -4.12. The number of aromatic nitrogens is 2. The van der Waals surface area contributed by atoms with Crippen LogP contribution < -0.4 is 15.0 Å². The van der Waals surface area contributed by atoms with E-state index in [4.69, 9.17) is 16.3 Å². The van der Waals surface area contributed by atoms with E-state index in [2.05, 4.69) is 21.9 Å². The van der Waals surface area contributed by atoms with Crippen molar-refractivity contribution in [1.82, 2.24) is 20.2 Å². The first-order chi connectivity index (χ1) is 24.0. The molecule has 2 heterocycles. The van der Waals surface area contributed by atoms with Crippen molar-refractivity contribution in [3.05, 3.63) is 59.9 Å². The molecule has 270 valence electrons. The van der Waals surface area contributed by atoms with Crippen LogP contribution >= 0.6 is 11.6 Å². The van der Waals surface area contributed by atoms with E-state index in [1.165, 1.54) is 24.5 Å². The van der Waals surface area contributed by atoms with Gasteiger partial charge in [0.15, 0.2) is 5.82 Å². The summed E-state index contributed by atoms with van der Waals surface area (Å²) in [6.07, 6.45) is 11.4. The molecule has 0 saturated carbocycles. The number of piperazine rings is 1. The molecule has 1 fully saturated rings. The van der Waals surface area contributed by atoms with Crippen LogP contribution in [0.2, 0.25) is 5.02 Å². The second kappa shape index (κ2) is 18.2. The zero-order valence-electron chi connectivity index (χ0n) is 29.3. The highest BCUT2D eigenvalue weighted by Crippen LogP contribution is 2.42. The topological polar surface area (TPSA) is 105 Å². The third-order valence-corrected chi connectivity index (χ3v) is 9.33. The molecular weight excluding hydrogens is 664 g/mol. The Morgan fingerprint density at radius 1 is 1.00 bits per heavy atom. The Morgan fingerprint density at radius 3 is 2.30 bits per heavy atom. The van der Waals surface area contributed by atoms with Gasteiger partial charge in [0.25, 0.3) is 0 Å². The predicted octanol–water partition coefficient (Wildman–Crippen LogP) is 7.68. The number of halogens is 3. The summed E-state index contributed by atoms with van der Waals surface area (Å²) < 4.78 is 37.5. The summed E-state index contributed by atoms with van der Waals surface area (Å²) in [6.45, 7) is 11.6. The van der Waals surface area contributed by atoms with Crippen molar-refractivity contribution in [3.8, 4) is 16.9 Å². The molecule has 4 rings (SSSR count). The van der Waals surface area contributed by atoms with E-state index >= 15 is 8.78 Å². The van der Waals surface area contributed by atoms with Crippen LogP contribution in [0.15, 0.2) is 43.2 Å². The van der Waals surface area contributed by atoms with Crippen molar-refractivity contribution in [2.24, 2.45) is 5.41 Å². The van der Waals surface area contributed by atoms with Crippen LogP contribution in [0.3, 0.4) is 0 Å². The highest BCUT2D eigenvalue weighted by molar-refractivity contribution is 6.34. The first-order valence-corrected chi connectivity index (χ1v) is 17.8. The number of anilines is 1. The number of nitrogens with zero attached hydrogens (tertiary/aromatic N) is 4. The molecule has 1 unspecified atom stereocenters. The minimum Gasteiger partial charge on any atom is -0.493 e. The maximum absolute atomic E-state index is 16.2. The van der Waals surface area contributed by atoms with Crippen molar-refractivity contribution in [2.45, 2.75) is 84.6 Å². The normalized spacial score (nSPS) is 14.0. The number of nitrogens with one attached hydrogen (secondary N) is 1. The quantitative estimate of drug-likeness (QED) is 0.0870.